The molecule has 0 aliphatic rings. The molecule has 0 saturated heterocycles. The van der Waals surface area contributed by atoms with Crippen molar-refractivity contribution in [3.8, 4) is 5.75 Å². The molecule has 0 saturated carbocycles. The van der Waals surface area contributed by atoms with Gasteiger partial charge in [-0.25, -0.2) is 0 Å². The third-order valence-corrected chi connectivity index (χ3v) is 9.11. The Hall–Kier alpha value is -0.800. The van der Waals surface area contributed by atoms with Crippen molar-refractivity contribution in [2.75, 3.05) is 11.6 Å². The van der Waals surface area contributed by atoms with Crippen LogP contribution in [0.5, 0.6) is 5.75 Å². The van der Waals surface area contributed by atoms with E-state index in [1.165, 1.54) is 16.5 Å². The molecule has 1 N–H and O–H groups in total. The van der Waals surface area contributed by atoms with Crippen LogP contribution in [0.1, 0.15) is 26.3 Å². The van der Waals surface area contributed by atoms with Crippen LogP contribution >= 0.6 is 17.0 Å². The summed E-state index contributed by atoms with van der Waals surface area (Å²) < 4.78 is 2.40. The van der Waals surface area contributed by atoms with Gasteiger partial charge in [0.2, 0.25) is 0 Å². The first-order chi connectivity index (χ1) is 13.6. The second-order valence-corrected chi connectivity index (χ2v) is 16.7. The average Bonchev–Trinajstić information content (AvgIpc) is 2.66. The van der Waals surface area contributed by atoms with Crippen molar-refractivity contribution in [2.24, 2.45) is 0 Å². The van der Waals surface area contributed by atoms with Gasteiger partial charge in [-0.05, 0) is 42.6 Å². The van der Waals surface area contributed by atoms with Crippen molar-refractivity contribution < 1.29 is 26.0 Å². The third kappa shape index (κ3) is 5.47. The zero-order valence-electron chi connectivity index (χ0n) is 17.9. The van der Waals surface area contributed by atoms with Crippen molar-refractivity contribution in [1.29, 1.82) is 0 Å². The summed E-state index contributed by atoms with van der Waals surface area (Å²) in [5, 5.41) is 14.7. The molecule has 0 unspecified atom stereocenters. The number of hydrogen-bond acceptors (Lipinski definition) is 2. The summed E-state index contributed by atoms with van der Waals surface area (Å²) in [4.78, 5) is 0. The SMILES string of the molecule is CN(c1cccc2ccccc12)[Si](C)(C)c1cccc(C(C)(C)C)c1O.[Cl][Zr][Cl]. The van der Waals surface area contributed by atoms with Crippen molar-refractivity contribution in [3.05, 3.63) is 66.2 Å². The number of hydrogen-bond donors (Lipinski definition) is 1. The molecular formula is C23H29Cl2NOSiZr. The van der Waals surface area contributed by atoms with Gasteiger partial charge in [0.15, 0.2) is 8.24 Å². The van der Waals surface area contributed by atoms with Crippen LogP contribution in [0.25, 0.3) is 10.8 Å². The molecule has 0 aliphatic carbocycles. The molecule has 0 atom stereocenters. The summed E-state index contributed by atoms with van der Waals surface area (Å²) in [6, 6.07) is 21.2. The maximum absolute atomic E-state index is 11.1. The standard InChI is InChI=1S/C23H29NOSi.2ClH.Zr/c1-23(2,3)19-14-10-16-21(22(19)25)26(5,6)24(4)20-15-9-12-17-11-7-8-13-18(17)20;;;/h7-16,25H,1-6H3;2*1H;/q;;;+2/p-2. The van der Waals surface area contributed by atoms with Gasteiger partial charge in [-0.1, -0.05) is 75.4 Å². The van der Waals surface area contributed by atoms with E-state index in [9.17, 15) is 5.11 Å². The normalized spacial score (nSPS) is 11.6. The zero-order chi connectivity index (χ0) is 21.8. The topological polar surface area (TPSA) is 23.5 Å². The molecular weight excluding hydrogens is 496 g/mol. The monoisotopic (exact) mass is 523 g/mol. The number of fused-ring (bicyclic) bond motifs is 1. The molecule has 0 fully saturated rings. The van der Waals surface area contributed by atoms with Gasteiger partial charge in [-0.15, -0.1) is 0 Å². The van der Waals surface area contributed by atoms with Crippen molar-refractivity contribution >= 4 is 46.9 Å². The van der Waals surface area contributed by atoms with Crippen LogP contribution in [0.4, 0.5) is 5.69 Å². The first-order valence-corrected chi connectivity index (χ1v) is 18.8. The molecule has 6 heteroatoms. The van der Waals surface area contributed by atoms with Crippen LogP contribution in [-0.2, 0) is 26.3 Å². The van der Waals surface area contributed by atoms with Gasteiger partial charge in [-0.3, -0.25) is 0 Å². The fourth-order valence-electron chi connectivity index (χ4n) is 3.63. The predicted molar refractivity (Wildman–Crippen MR) is 128 cm³/mol. The Balaban J connectivity index is 0.000000941. The van der Waals surface area contributed by atoms with Gasteiger partial charge < -0.3 is 9.67 Å². The van der Waals surface area contributed by atoms with Gasteiger partial charge in [0.1, 0.15) is 5.75 Å². The van der Waals surface area contributed by atoms with E-state index in [0.29, 0.717) is 5.75 Å². The molecule has 0 spiro atoms. The second kappa shape index (κ2) is 10.0. The number of benzene rings is 3. The van der Waals surface area contributed by atoms with Crippen LogP contribution in [0, 0.1) is 0 Å². The molecule has 0 aromatic heterocycles. The maximum atomic E-state index is 11.1. The Bertz CT molecular complexity index is 967. The van der Waals surface area contributed by atoms with Gasteiger partial charge in [0, 0.05) is 16.3 Å². The first-order valence-electron chi connectivity index (χ1n) is 9.56. The number of anilines is 1. The Morgan fingerprint density at radius 2 is 1.45 bits per heavy atom. The van der Waals surface area contributed by atoms with Crippen LogP contribution in [0.3, 0.4) is 0 Å². The Morgan fingerprint density at radius 3 is 2.07 bits per heavy atom. The van der Waals surface area contributed by atoms with E-state index in [1.807, 2.05) is 6.07 Å². The molecule has 3 aromatic rings. The van der Waals surface area contributed by atoms with Gasteiger partial charge in [0.25, 0.3) is 0 Å². The summed E-state index contributed by atoms with van der Waals surface area (Å²) in [7, 11) is 9.92. The molecule has 0 radical (unpaired) electrons. The number of phenols is 1. The third-order valence-electron chi connectivity index (χ3n) is 5.47. The fourth-order valence-corrected chi connectivity index (χ4v) is 6.00. The van der Waals surface area contributed by atoms with E-state index in [-0.39, 0.29) is 5.41 Å². The number of halogens is 2. The summed E-state index contributed by atoms with van der Waals surface area (Å²) in [6.07, 6.45) is 0. The molecule has 0 aliphatic heterocycles. The Morgan fingerprint density at radius 1 is 0.897 bits per heavy atom. The second-order valence-electron chi connectivity index (χ2n) is 8.64. The molecule has 2 nitrogen and oxygen atoms in total. The van der Waals surface area contributed by atoms with E-state index in [1.54, 1.807) is 0 Å². The summed E-state index contributed by atoms with van der Waals surface area (Å²) >= 11 is -0.826. The van der Waals surface area contributed by atoms with Crippen molar-refractivity contribution in [3.63, 3.8) is 0 Å². The molecule has 0 amide bonds. The number of aromatic hydroxyl groups is 1. The quantitative estimate of drug-likeness (QED) is 0.382. The van der Waals surface area contributed by atoms with Gasteiger partial charge in [-0.2, -0.15) is 0 Å². The molecule has 29 heavy (non-hydrogen) atoms. The van der Waals surface area contributed by atoms with Crippen LogP contribution in [0.15, 0.2) is 60.7 Å². The van der Waals surface area contributed by atoms with Crippen molar-refractivity contribution in [1.82, 2.24) is 0 Å². The number of phenolic OH excluding ortho intramolecular Hbond substituents is 1. The minimum absolute atomic E-state index is 0.0808. The van der Waals surface area contributed by atoms with Crippen LogP contribution < -0.4 is 9.75 Å². The van der Waals surface area contributed by atoms with E-state index in [2.05, 4.69) is 100 Å². The van der Waals surface area contributed by atoms with E-state index < -0.39 is 29.1 Å². The van der Waals surface area contributed by atoms with E-state index >= 15 is 0 Å². The fraction of sp³-hybridized carbons (Fsp3) is 0.304. The van der Waals surface area contributed by atoms with Gasteiger partial charge >= 0.3 is 37.9 Å². The predicted octanol–water partition coefficient (Wildman–Crippen LogP) is 6.77. The number of para-hydroxylation sites is 1. The van der Waals surface area contributed by atoms with Gasteiger partial charge in [0.05, 0.1) is 0 Å². The van der Waals surface area contributed by atoms with Crippen molar-refractivity contribution in [2.45, 2.75) is 39.3 Å². The number of rotatable bonds is 3. The van der Waals surface area contributed by atoms with Crippen LogP contribution in [-0.4, -0.2) is 20.4 Å². The zero-order valence-corrected chi connectivity index (χ0v) is 22.9. The summed E-state index contributed by atoms with van der Waals surface area (Å²) in [5.74, 6) is 0.462. The first kappa shape index (κ1) is 24.5. The molecule has 154 valence electrons. The molecule has 0 heterocycles. The summed E-state index contributed by atoms with van der Waals surface area (Å²) in [6.45, 7) is 11.0. The van der Waals surface area contributed by atoms with E-state index in [0.717, 1.165) is 10.8 Å². The number of nitrogens with zero attached hydrogens (tertiary/aromatic N) is 1. The Labute approximate surface area is 194 Å². The molecule has 0 bridgehead atoms. The average molecular weight is 526 g/mol. The van der Waals surface area contributed by atoms with Crippen LogP contribution in [0.2, 0.25) is 13.1 Å². The molecule has 3 rings (SSSR count). The summed E-state index contributed by atoms with van der Waals surface area (Å²) in [5.41, 5.74) is 2.16. The minimum atomic E-state index is -2.11. The molecule has 3 aromatic carbocycles. The Kier molecular flexibility index (Phi) is 8.44. The van der Waals surface area contributed by atoms with E-state index in [4.69, 9.17) is 17.0 Å².